The van der Waals surface area contributed by atoms with E-state index in [4.69, 9.17) is 9.47 Å². The van der Waals surface area contributed by atoms with E-state index in [1.54, 1.807) is 0 Å². The van der Waals surface area contributed by atoms with Crippen LogP contribution in [0.2, 0.25) is 0 Å². The minimum Gasteiger partial charge on any atom is -0.347 e. The second-order valence-corrected chi connectivity index (χ2v) is 5.49. The average molecular weight is 214 g/mol. The lowest BCUT2D eigenvalue weighted by Crippen LogP contribution is -2.44. The summed E-state index contributed by atoms with van der Waals surface area (Å²) in [5, 5.41) is 0. The Balaban J connectivity index is 2.43. The van der Waals surface area contributed by atoms with Gasteiger partial charge in [0.05, 0.1) is 12.2 Å². The van der Waals surface area contributed by atoms with Crippen LogP contribution >= 0.6 is 0 Å². The summed E-state index contributed by atoms with van der Waals surface area (Å²) in [4.78, 5) is 0. The predicted octanol–water partition coefficient (Wildman–Crippen LogP) is 3.74. The Morgan fingerprint density at radius 1 is 1.20 bits per heavy atom. The Bertz CT molecular complexity index is 187. The van der Waals surface area contributed by atoms with E-state index in [1.165, 1.54) is 12.8 Å². The van der Waals surface area contributed by atoms with Gasteiger partial charge in [-0.1, -0.05) is 20.8 Å². The quantitative estimate of drug-likeness (QED) is 0.709. The summed E-state index contributed by atoms with van der Waals surface area (Å²) in [6.07, 6.45) is 5.34. The van der Waals surface area contributed by atoms with E-state index in [2.05, 4.69) is 20.8 Å². The van der Waals surface area contributed by atoms with E-state index in [1.807, 2.05) is 13.8 Å². The second kappa shape index (κ2) is 5.31. The summed E-state index contributed by atoms with van der Waals surface area (Å²) in [6, 6.07) is 0. The molecule has 0 radical (unpaired) electrons. The molecular weight excluding hydrogens is 188 g/mol. The summed E-state index contributed by atoms with van der Waals surface area (Å²) in [5.41, 5.74) is 0. The number of hydrogen-bond donors (Lipinski definition) is 0. The molecule has 0 unspecified atom stereocenters. The van der Waals surface area contributed by atoms with Crippen LogP contribution in [0.4, 0.5) is 0 Å². The Kier molecular flexibility index (Phi) is 4.60. The standard InChI is InChI=1S/C13H26O2/c1-6-11-9-12(8-7-10(2)3)15-13(4,5)14-11/h10-12H,6-9H2,1-5H3/t11-,12+/m0/s1. The highest BCUT2D eigenvalue weighted by atomic mass is 16.7. The molecule has 0 aromatic carbocycles. The fourth-order valence-electron chi connectivity index (χ4n) is 2.17. The van der Waals surface area contributed by atoms with Crippen LogP contribution in [0.15, 0.2) is 0 Å². The zero-order valence-electron chi connectivity index (χ0n) is 10.9. The predicted molar refractivity (Wildman–Crippen MR) is 62.8 cm³/mol. The van der Waals surface area contributed by atoms with Crippen molar-refractivity contribution in [3.63, 3.8) is 0 Å². The van der Waals surface area contributed by atoms with Crippen LogP contribution in [-0.2, 0) is 9.47 Å². The van der Waals surface area contributed by atoms with E-state index < -0.39 is 0 Å². The van der Waals surface area contributed by atoms with Gasteiger partial charge in [-0.25, -0.2) is 0 Å². The zero-order chi connectivity index (χ0) is 11.5. The highest BCUT2D eigenvalue weighted by Gasteiger charge is 2.34. The lowest BCUT2D eigenvalue weighted by Gasteiger charge is -2.41. The lowest BCUT2D eigenvalue weighted by atomic mass is 9.98. The van der Waals surface area contributed by atoms with Crippen LogP contribution in [0.5, 0.6) is 0 Å². The molecular formula is C13H26O2. The molecule has 90 valence electrons. The summed E-state index contributed by atoms with van der Waals surface area (Å²) in [6.45, 7) is 10.8. The Labute approximate surface area is 94.3 Å². The maximum atomic E-state index is 5.93. The van der Waals surface area contributed by atoms with E-state index in [-0.39, 0.29) is 5.79 Å². The molecule has 1 saturated heterocycles. The fourth-order valence-corrected chi connectivity index (χ4v) is 2.17. The maximum absolute atomic E-state index is 5.93. The highest BCUT2D eigenvalue weighted by molar-refractivity contribution is 4.76. The van der Waals surface area contributed by atoms with E-state index >= 15 is 0 Å². The van der Waals surface area contributed by atoms with Gasteiger partial charge in [0.2, 0.25) is 0 Å². The van der Waals surface area contributed by atoms with Crippen molar-refractivity contribution in [2.45, 2.75) is 78.3 Å². The molecule has 2 heteroatoms. The largest absolute Gasteiger partial charge is 0.347 e. The molecule has 0 aromatic rings. The molecule has 0 bridgehead atoms. The van der Waals surface area contributed by atoms with E-state index in [0.29, 0.717) is 12.2 Å². The van der Waals surface area contributed by atoms with Gasteiger partial charge in [-0.3, -0.25) is 0 Å². The molecule has 1 aliphatic rings. The van der Waals surface area contributed by atoms with Gasteiger partial charge in [0.25, 0.3) is 0 Å². The van der Waals surface area contributed by atoms with E-state index in [0.717, 1.165) is 18.8 Å². The lowest BCUT2D eigenvalue weighted by molar-refractivity contribution is -0.300. The molecule has 2 atom stereocenters. The van der Waals surface area contributed by atoms with Crippen molar-refractivity contribution in [1.29, 1.82) is 0 Å². The molecule has 2 nitrogen and oxygen atoms in total. The molecule has 1 heterocycles. The van der Waals surface area contributed by atoms with Crippen LogP contribution in [0.3, 0.4) is 0 Å². The Morgan fingerprint density at radius 3 is 2.33 bits per heavy atom. The van der Waals surface area contributed by atoms with E-state index in [9.17, 15) is 0 Å². The first-order valence-corrected chi connectivity index (χ1v) is 6.28. The molecule has 0 spiro atoms. The van der Waals surface area contributed by atoms with Gasteiger partial charge in [-0.15, -0.1) is 0 Å². The first-order chi connectivity index (χ1) is 6.93. The first-order valence-electron chi connectivity index (χ1n) is 6.28. The van der Waals surface area contributed by atoms with Crippen molar-refractivity contribution in [1.82, 2.24) is 0 Å². The molecule has 0 aliphatic carbocycles. The molecule has 1 aliphatic heterocycles. The fraction of sp³-hybridized carbons (Fsp3) is 1.00. The van der Waals surface area contributed by atoms with Gasteiger partial charge in [0, 0.05) is 6.42 Å². The smallest absolute Gasteiger partial charge is 0.163 e. The van der Waals surface area contributed by atoms with Gasteiger partial charge < -0.3 is 9.47 Å². The third kappa shape index (κ3) is 4.52. The van der Waals surface area contributed by atoms with Gasteiger partial charge >= 0.3 is 0 Å². The average Bonchev–Trinajstić information content (AvgIpc) is 2.12. The first kappa shape index (κ1) is 13.0. The third-order valence-corrected chi connectivity index (χ3v) is 2.95. The van der Waals surface area contributed by atoms with Crippen LogP contribution in [0.25, 0.3) is 0 Å². The molecule has 1 fully saturated rings. The van der Waals surface area contributed by atoms with Crippen molar-refractivity contribution in [3.05, 3.63) is 0 Å². The van der Waals surface area contributed by atoms with Crippen molar-refractivity contribution in [2.75, 3.05) is 0 Å². The molecule has 0 amide bonds. The van der Waals surface area contributed by atoms with Crippen molar-refractivity contribution >= 4 is 0 Å². The maximum Gasteiger partial charge on any atom is 0.163 e. The second-order valence-electron chi connectivity index (χ2n) is 5.49. The Hall–Kier alpha value is -0.0800. The minimum absolute atomic E-state index is 0.380. The SMILES string of the molecule is CC[C@H]1C[C@@H](CCC(C)C)OC(C)(C)O1. The molecule has 15 heavy (non-hydrogen) atoms. The Morgan fingerprint density at radius 2 is 1.80 bits per heavy atom. The number of rotatable bonds is 4. The molecule has 1 rings (SSSR count). The summed E-state index contributed by atoms with van der Waals surface area (Å²) in [7, 11) is 0. The minimum atomic E-state index is -0.388. The third-order valence-electron chi connectivity index (χ3n) is 2.95. The van der Waals surface area contributed by atoms with Crippen molar-refractivity contribution < 1.29 is 9.47 Å². The normalized spacial score (nSPS) is 30.8. The van der Waals surface area contributed by atoms with Crippen LogP contribution in [0, 0.1) is 5.92 Å². The topological polar surface area (TPSA) is 18.5 Å². The highest BCUT2D eigenvalue weighted by Crippen LogP contribution is 2.30. The van der Waals surface area contributed by atoms with Gasteiger partial charge in [0.15, 0.2) is 5.79 Å². The monoisotopic (exact) mass is 214 g/mol. The van der Waals surface area contributed by atoms with Gasteiger partial charge in [-0.2, -0.15) is 0 Å². The van der Waals surface area contributed by atoms with Gasteiger partial charge in [-0.05, 0) is 39.0 Å². The molecule has 0 saturated carbocycles. The summed E-state index contributed by atoms with van der Waals surface area (Å²) < 4.78 is 11.8. The summed E-state index contributed by atoms with van der Waals surface area (Å²) in [5.74, 6) is 0.375. The molecule has 0 N–H and O–H groups in total. The van der Waals surface area contributed by atoms with Crippen molar-refractivity contribution in [3.8, 4) is 0 Å². The number of ether oxygens (including phenoxy) is 2. The number of hydrogen-bond acceptors (Lipinski definition) is 2. The van der Waals surface area contributed by atoms with Crippen LogP contribution in [-0.4, -0.2) is 18.0 Å². The molecule has 0 aromatic heterocycles. The van der Waals surface area contributed by atoms with Crippen LogP contribution in [0.1, 0.15) is 60.3 Å². The zero-order valence-corrected chi connectivity index (χ0v) is 10.9. The van der Waals surface area contributed by atoms with Gasteiger partial charge in [0.1, 0.15) is 0 Å². The van der Waals surface area contributed by atoms with Crippen molar-refractivity contribution in [2.24, 2.45) is 5.92 Å². The van der Waals surface area contributed by atoms with Crippen LogP contribution < -0.4 is 0 Å². The summed E-state index contributed by atoms with van der Waals surface area (Å²) >= 11 is 0.